The molecular weight excluding hydrogens is 196 g/mol. The van der Waals surface area contributed by atoms with Gasteiger partial charge in [-0.3, -0.25) is 0 Å². The maximum atomic E-state index is 5.74. The van der Waals surface area contributed by atoms with Gasteiger partial charge in [0.05, 0.1) is 0 Å². The van der Waals surface area contributed by atoms with Gasteiger partial charge in [0, 0.05) is 6.20 Å². The van der Waals surface area contributed by atoms with Gasteiger partial charge in [0.15, 0.2) is 0 Å². The number of aromatic nitrogens is 1. The summed E-state index contributed by atoms with van der Waals surface area (Å²) in [5, 5.41) is 0. The molecule has 0 atom stereocenters. The third kappa shape index (κ3) is 4.21. The summed E-state index contributed by atoms with van der Waals surface area (Å²) >= 11 is 0. The molecule has 1 aromatic rings. The first-order chi connectivity index (χ1) is 7.77. The Balaban J connectivity index is 2.66. The molecule has 0 aliphatic rings. The molecular formula is C14H24N2. The van der Waals surface area contributed by atoms with Gasteiger partial charge < -0.3 is 5.73 Å². The Morgan fingerprint density at radius 3 is 2.31 bits per heavy atom. The number of pyridine rings is 1. The fraction of sp³-hybridized carbons (Fsp3) is 0.643. The van der Waals surface area contributed by atoms with Crippen molar-refractivity contribution in [2.45, 2.75) is 58.3 Å². The third-order valence-electron chi connectivity index (χ3n) is 3.09. The number of anilines is 1. The van der Waals surface area contributed by atoms with Gasteiger partial charge >= 0.3 is 0 Å². The normalized spacial score (nSPS) is 10.9. The van der Waals surface area contributed by atoms with Crippen LogP contribution in [-0.2, 0) is 0 Å². The molecule has 90 valence electrons. The van der Waals surface area contributed by atoms with Crippen LogP contribution in [0.4, 0.5) is 5.82 Å². The standard InChI is InChI=1S/C14H24N2/c1-3-5-7-12(8-6-4-2)13-9-10-16-14(15)11-13/h9-12H,3-8H2,1-2H3,(H2,15,16). The van der Waals surface area contributed by atoms with Crippen LogP contribution < -0.4 is 5.73 Å². The zero-order valence-corrected chi connectivity index (χ0v) is 10.6. The van der Waals surface area contributed by atoms with Crippen molar-refractivity contribution in [3.63, 3.8) is 0 Å². The summed E-state index contributed by atoms with van der Waals surface area (Å²) in [5.74, 6) is 1.32. The second-order valence-electron chi connectivity index (χ2n) is 4.50. The van der Waals surface area contributed by atoms with E-state index in [1.807, 2.05) is 12.3 Å². The SMILES string of the molecule is CCCCC(CCCC)c1ccnc(N)c1. The van der Waals surface area contributed by atoms with Gasteiger partial charge in [0.25, 0.3) is 0 Å². The minimum Gasteiger partial charge on any atom is -0.384 e. The fourth-order valence-corrected chi connectivity index (χ4v) is 2.10. The molecule has 2 N–H and O–H groups in total. The Bertz CT molecular complexity index is 289. The smallest absolute Gasteiger partial charge is 0.123 e. The molecule has 0 fully saturated rings. The van der Waals surface area contributed by atoms with Crippen molar-refractivity contribution in [1.29, 1.82) is 0 Å². The molecule has 0 unspecified atom stereocenters. The first-order valence-electron chi connectivity index (χ1n) is 6.49. The van der Waals surface area contributed by atoms with E-state index in [0.717, 1.165) is 0 Å². The lowest BCUT2D eigenvalue weighted by molar-refractivity contribution is 0.525. The Morgan fingerprint density at radius 1 is 1.19 bits per heavy atom. The molecule has 1 heterocycles. The first kappa shape index (κ1) is 13.0. The fourth-order valence-electron chi connectivity index (χ4n) is 2.10. The largest absolute Gasteiger partial charge is 0.384 e. The molecule has 1 rings (SSSR count). The number of nitrogens with two attached hydrogens (primary N) is 1. The number of unbranched alkanes of at least 4 members (excludes halogenated alkanes) is 2. The summed E-state index contributed by atoms with van der Waals surface area (Å²) in [5.41, 5.74) is 7.11. The number of nitrogens with zero attached hydrogens (tertiary/aromatic N) is 1. The van der Waals surface area contributed by atoms with Crippen molar-refractivity contribution in [3.8, 4) is 0 Å². The van der Waals surface area contributed by atoms with E-state index in [1.54, 1.807) is 0 Å². The topological polar surface area (TPSA) is 38.9 Å². The Kier molecular flexibility index (Phi) is 5.91. The summed E-state index contributed by atoms with van der Waals surface area (Å²) in [6.45, 7) is 4.50. The summed E-state index contributed by atoms with van der Waals surface area (Å²) < 4.78 is 0. The molecule has 0 spiro atoms. The molecule has 0 radical (unpaired) electrons. The van der Waals surface area contributed by atoms with Crippen LogP contribution in [0.3, 0.4) is 0 Å². The van der Waals surface area contributed by atoms with Crippen molar-refractivity contribution in [3.05, 3.63) is 23.9 Å². The summed E-state index contributed by atoms with van der Waals surface area (Å²) in [7, 11) is 0. The average Bonchev–Trinajstić information content (AvgIpc) is 2.29. The second-order valence-corrected chi connectivity index (χ2v) is 4.50. The van der Waals surface area contributed by atoms with Crippen molar-refractivity contribution >= 4 is 5.82 Å². The molecule has 0 saturated heterocycles. The Hall–Kier alpha value is -1.05. The minimum atomic E-state index is 0.649. The van der Waals surface area contributed by atoms with E-state index < -0.39 is 0 Å². The summed E-state index contributed by atoms with van der Waals surface area (Å²) in [6, 6.07) is 4.16. The van der Waals surface area contributed by atoms with Crippen LogP contribution in [0.25, 0.3) is 0 Å². The van der Waals surface area contributed by atoms with Crippen LogP contribution >= 0.6 is 0 Å². The predicted octanol–water partition coefficient (Wildman–Crippen LogP) is 4.13. The van der Waals surface area contributed by atoms with Crippen LogP contribution in [-0.4, -0.2) is 4.98 Å². The van der Waals surface area contributed by atoms with E-state index in [9.17, 15) is 0 Å². The first-order valence-corrected chi connectivity index (χ1v) is 6.49. The van der Waals surface area contributed by atoms with Gasteiger partial charge in [-0.05, 0) is 36.5 Å². The highest BCUT2D eigenvalue weighted by atomic mass is 14.8. The van der Waals surface area contributed by atoms with Gasteiger partial charge in [0.2, 0.25) is 0 Å². The molecule has 0 aliphatic heterocycles. The molecule has 1 aromatic heterocycles. The average molecular weight is 220 g/mol. The van der Waals surface area contributed by atoms with E-state index in [1.165, 1.54) is 44.1 Å². The van der Waals surface area contributed by atoms with Gasteiger partial charge in [-0.15, -0.1) is 0 Å². The molecule has 2 heteroatoms. The molecule has 2 nitrogen and oxygen atoms in total. The number of rotatable bonds is 7. The summed E-state index contributed by atoms with van der Waals surface area (Å²) in [6.07, 6.45) is 9.52. The molecule has 0 aliphatic carbocycles. The number of hydrogen-bond acceptors (Lipinski definition) is 2. The van der Waals surface area contributed by atoms with Gasteiger partial charge in [0.1, 0.15) is 5.82 Å². The zero-order chi connectivity index (χ0) is 11.8. The van der Waals surface area contributed by atoms with E-state index in [0.29, 0.717) is 11.7 Å². The van der Waals surface area contributed by atoms with Gasteiger partial charge in [-0.2, -0.15) is 0 Å². The maximum Gasteiger partial charge on any atom is 0.123 e. The van der Waals surface area contributed by atoms with Crippen molar-refractivity contribution < 1.29 is 0 Å². The molecule has 0 saturated carbocycles. The number of nitrogen functional groups attached to an aromatic ring is 1. The monoisotopic (exact) mass is 220 g/mol. The van der Waals surface area contributed by atoms with Crippen molar-refractivity contribution in [2.24, 2.45) is 0 Å². The third-order valence-corrected chi connectivity index (χ3v) is 3.09. The lowest BCUT2D eigenvalue weighted by Crippen LogP contribution is -2.01. The van der Waals surface area contributed by atoms with Crippen LogP contribution in [0.1, 0.15) is 63.9 Å². The maximum absolute atomic E-state index is 5.74. The van der Waals surface area contributed by atoms with Crippen LogP contribution in [0.15, 0.2) is 18.3 Å². The van der Waals surface area contributed by atoms with E-state index in [-0.39, 0.29) is 0 Å². The lowest BCUT2D eigenvalue weighted by Gasteiger charge is -2.16. The van der Waals surface area contributed by atoms with Crippen LogP contribution in [0, 0.1) is 0 Å². The summed E-state index contributed by atoms with van der Waals surface area (Å²) in [4.78, 5) is 4.06. The van der Waals surface area contributed by atoms with Crippen molar-refractivity contribution in [2.75, 3.05) is 5.73 Å². The van der Waals surface area contributed by atoms with Crippen molar-refractivity contribution in [1.82, 2.24) is 4.98 Å². The highest BCUT2D eigenvalue weighted by Crippen LogP contribution is 2.28. The highest BCUT2D eigenvalue weighted by molar-refractivity contribution is 5.33. The van der Waals surface area contributed by atoms with E-state index in [4.69, 9.17) is 5.73 Å². The van der Waals surface area contributed by atoms with Crippen LogP contribution in [0.2, 0.25) is 0 Å². The molecule has 0 amide bonds. The van der Waals surface area contributed by atoms with E-state index in [2.05, 4.69) is 24.9 Å². The zero-order valence-electron chi connectivity index (χ0n) is 10.6. The second kappa shape index (κ2) is 7.26. The van der Waals surface area contributed by atoms with Crippen LogP contribution in [0.5, 0.6) is 0 Å². The highest BCUT2D eigenvalue weighted by Gasteiger charge is 2.10. The lowest BCUT2D eigenvalue weighted by atomic mass is 9.89. The quantitative estimate of drug-likeness (QED) is 0.750. The molecule has 16 heavy (non-hydrogen) atoms. The molecule has 0 bridgehead atoms. The van der Waals surface area contributed by atoms with Gasteiger partial charge in [-0.25, -0.2) is 4.98 Å². The minimum absolute atomic E-state index is 0.649. The molecule has 0 aromatic carbocycles. The Morgan fingerprint density at radius 2 is 1.81 bits per heavy atom. The Labute approximate surface area is 99.3 Å². The van der Waals surface area contributed by atoms with E-state index >= 15 is 0 Å². The van der Waals surface area contributed by atoms with Gasteiger partial charge in [-0.1, -0.05) is 39.5 Å². The number of hydrogen-bond donors (Lipinski definition) is 1. The predicted molar refractivity (Wildman–Crippen MR) is 70.4 cm³/mol.